The van der Waals surface area contributed by atoms with E-state index >= 15 is 0 Å². The van der Waals surface area contributed by atoms with Crippen molar-refractivity contribution in [1.82, 2.24) is 4.90 Å². The minimum atomic E-state index is -0.105. The SMILES string of the molecule is CN1CCC[C@@]2(C1)CN(C(C)(C)C)c1ccc(F)cc12. The highest BCUT2D eigenvalue weighted by Gasteiger charge is 2.47. The van der Waals surface area contributed by atoms with Gasteiger partial charge in [0.2, 0.25) is 0 Å². The van der Waals surface area contributed by atoms with E-state index in [1.807, 2.05) is 6.07 Å². The second kappa shape index (κ2) is 4.45. The lowest BCUT2D eigenvalue weighted by Gasteiger charge is -2.41. The van der Waals surface area contributed by atoms with Crippen LogP contribution in [0.1, 0.15) is 39.2 Å². The highest BCUT2D eigenvalue weighted by Crippen LogP contribution is 2.48. The predicted molar refractivity (Wildman–Crippen MR) is 81.9 cm³/mol. The van der Waals surface area contributed by atoms with E-state index in [-0.39, 0.29) is 16.8 Å². The van der Waals surface area contributed by atoms with Gasteiger partial charge in [-0.1, -0.05) is 0 Å². The van der Waals surface area contributed by atoms with Gasteiger partial charge in [0, 0.05) is 29.7 Å². The predicted octanol–water partition coefficient (Wildman–Crippen LogP) is 3.41. The Morgan fingerprint density at radius 3 is 2.60 bits per heavy atom. The van der Waals surface area contributed by atoms with Gasteiger partial charge in [-0.2, -0.15) is 0 Å². The fourth-order valence-corrected chi connectivity index (χ4v) is 3.95. The molecule has 2 heterocycles. The molecule has 2 aliphatic heterocycles. The Hall–Kier alpha value is -1.09. The Morgan fingerprint density at radius 2 is 1.95 bits per heavy atom. The van der Waals surface area contributed by atoms with Crippen molar-refractivity contribution in [2.24, 2.45) is 0 Å². The van der Waals surface area contributed by atoms with Gasteiger partial charge in [0.25, 0.3) is 0 Å². The van der Waals surface area contributed by atoms with E-state index in [2.05, 4.69) is 37.6 Å². The maximum absolute atomic E-state index is 13.8. The van der Waals surface area contributed by atoms with Gasteiger partial charge in [0.05, 0.1) is 0 Å². The van der Waals surface area contributed by atoms with Crippen molar-refractivity contribution >= 4 is 5.69 Å². The number of likely N-dealkylation sites (N-methyl/N-ethyl adjacent to an activating group) is 1. The average molecular weight is 276 g/mol. The van der Waals surface area contributed by atoms with Crippen molar-refractivity contribution in [1.29, 1.82) is 0 Å². The zero-order valence-electron chi connectivity index (χ0n) is 13.0. The summed E-state index contributed by atoms with van der Waals surface area (Å²) in [5.41, 5.74) is 2.64. The number of piperidine rings is 1. The molecule has 3 rings (SSSR count). The molecule has 0 saturated carbocycles. The van der Waals surface area contributed by atoms with Gasteiger partial charge in [-0.05, 0) is 71.0 Å². The number of fused-ring (bicyclic) bond motifs is 2. The molecule has 0 unspecified atom stereocenters. The van der Waals surface area contributed by atoms with E-state index in [0.29, 0.717) is 0 Å². The normalized spacial score (nSPS) is 27.1. The molecule has 20 heavy (non-hydrogen) atoms. The molecule has 3 heteroatoms. The van der Waals surface area contributed by atoms with Crippen molar-refractivity contribution in [3.05, 3.63) is 29.6 Å². The lowest BCUT2D eigenvalue weighted by Crippen LogP contribution is -2.50. The molecule has 110 valence electrons. The smallest absolute Gasteiger partial charge is 0.123 e. The quantitative estimate of drug-likeness (QED) is 0.716. The average Bonchev–Trinajstić information content (AvgIpc) is 2.64. The zero-order chi connectivity index (χ0) is 14.5. The summed E-state index contributed by atoms with van der Waals surface area (Å²) < 4.78 is 13.8. The summed E-state index contributed by atoms with van der Waals surface area (Å²) in [4.78, 5) is 4.85. The molecule has 1 aromatic carbocycles. The van der Waals surface area contributed by atoms with Crippen LogP contribution in [0.4, 0.5) is 10.1 Å². The first-order chi connectivity index (χ1) is 9.32. The van der Waals surface area contributed by atoms with Crippen molar-refractivity contribution in [2.75, 3.05) is 31.6 Å². The number of benzene rings is 1. The highest BCUT2D eigenvalue weighted by molar-refractivity contribution is 5.64. The first-order valence-corrected chi connectivity index (χ1v) is 7.58. The fraction of sp³-hybridized carbons (Fsp3) is 0.647. The molecule has 1 fully saturated rings. The molecule has 0 aromatic heterocycles. The minimum absolute atomic E-state index is 0.0755. The molecule has 0 radical (unpaired) electrons. The van der Waals surface area contributed by atoms with Crippen molar-refractivity contribution in [3.8, 4) is 0 Å². The van der Waals surface area contributed by atoms with Crippen LogP contribution in [-0.2, 0) is 5.41 Å². The summed E-state index contributed by atoms with van der Waals surface area (Å²) in [6, 6.07) is 5.35. The third kappa shape index (κ3) is 2.12. The lowest BCUT2D eigenvalue weighted by atomic mass is 9.75. The number of rotatable bonds is 0. The zero-order valence-corrected chi connectivity index (χ0v) is 13.0. The maximum Gasteiger partial charge on any atom is 0.123 e. The van der Waals surface area contributed by atoms with E-state index in [4.69, 9.17) is 0 Å². The summed E-state index contributed by atoms with van der Waals surface area (Å²) in [6.45, 7) is 9.93. The van der Waals surface area contributed by atoms with Crippen LogP contribution in [0.2, 0.25) is 0 Å². The van der Waals surface area contributed by atoms with Crippen LogP contribution in [0, 0.1) is 5.82 Å². The van der Waals surface area contributed by atoms with Gasteiger partial charge >= 0.3 is 0 Å². The Labute approximate surface area is 121 Å². The van der Waals surface area contributed by atoms with Crippen molar-refractivity contribution in [2.45, 2.75) is 44.6 Å². The van der Waals surface area contributed by atoms with Crippen LogP contribution in [0.5, 0.6) is 0 Å². The molecular weight excluding hydrogens is 251 g/mol. The third-order valence-corrected chi connectivity index (χ3v) is 4.86. The molecule has 2 aliphatic rings. The number of likely N-dealkylation sites (tertiary alicyclic amines) is 1. The summed E-state index contributed by atoms with van der Waals surface area (Å²) in [7, 11) is 2.18. The molecule has 0 amide bonds. The van der Waals surface area contributed by atoms with Crippen LogP contribution in [-0.4, -0.2) is 37.1 Å². The van der Waals surface area contributed by atoms with Crippen LogP contribution in [0.3, 0.4) is 0 Å². The molecule has 1 spiro atoms. The molecule has 1 saturated heterocycles. The van der Waals surface area contributed by atoms with Crippen LogP contribution in [0.15, 0.2) is 18.2 Å². The van der Waals surface area contributed by atoms with Crippen molar-refractivity contribution < 1.29 is 4.39 Å². The fourth-order valence-electron chi connectivity index (χ4n) is 3.95. The van der Waals surface area contributed by atoms with E-state index < -0.39 is 0 Å². The van der Waals surface area contributed by atoms with E-state index in [1.165, 1.54) is 24.1 Å². The Kier molecular flexibility index (Phi) is 3.09. The van der Waals surface area contributed by atoms with Gasteiger partial charge in [-0.3, -0.25) is 0 Å². The molecule has 2 nitrogen and oxygen atoms in total. The van der Waals surface area contributed by atoms with Crippen LogP contribution >= 0.6 is 0 Å². The molecular formula is C17H25FN2. The van der Waals surface area contributed by atoms with Gasteiger partial charge in [-0.15, -0.1) is 0 Å². The van der Waals surface area contributed by atoms with Crippen LogP contribution in [0.25, 0.3) is 0 Å². The number of nitrogens with zero attached hydrogens (tertiary/aromatic N) is 2. The second-order valence-corrected chi connectivity index (χ2v) is 7.54. The van der Waals surface area contributed by atoms with E-state index in [1.54, 1.807) is 12.1 Å². The largest absolute Gasteiger partial charge is 0.366 e. The Balaban J connectivity index is 2.09. The third-order valence-electron chi connectivity index (χ3n) is 4.86. The van der Waals surface area contributed by atoms with Gasteiger partial charge < -0.3 is 9.80 Å². The summed E-state index contributed by atoms with van der Waals surface area (Å²) in [5.74, 6) is -0.105. The van der Waals surface area contributed by atoms with E-state index in [0.717, 1.165) is 19.6 Å². The maximum atomic E-state index is 13.8. The van der Waals surface area contributed by atoms with Gasteiger partial charge in [0.15, 0.2) is 0 Å². The molecule has 1 aromatic rings. The number of hydrogen-bond donors (Lipinski definition) is 0. The highest BCUT2D eigenvalue weighted by atomic mass is 19.1. The summed E-state index contributed by atoms with van der Waals surface area (Å²) in [6.07, 6.45) is 2.37. The molecule has 0 aliphatic carbocycles. The molecule has 1 atom stereocenters. The van der Waals surface area contributed by atoms with Gasteiger partial charge in [-0.25, -0.2) is 4.39 Å². The Morgan fingerprint density at radius 1 is 1.20 bits per heavy atom. The van der Waals surface area contributed by atoms with E-state index in [9.17, 15) is 4.39 Å². The molecule has 0 N–H and O–H groups in total. The van der Waals surface area contributed by atoms with Gasteiger partial charge in [0.1, 0.15) is 5.82 Å². The van der Waals surface area contributed by atoms with Crippen molar-refractivity contribution in [3.63, 3.8) is 0 Å². The summed E-state index contributed by atoms with van der Waals surface area (Å²) >= 11 is 0. The first kappa shape index (κ1) is 13.9. The lowest BCUT2D eigenvalue weighted by molar-refractivity contribution is 0.181. The monoisotopic (exact) mass is 276 g/mol. The minimum Gasteiger partial charge on any atom is -0.366 e. The second-order valence-electron chi connectivity index (χ2n) is 7.54. The first-order valence-electron chi connectivity index (χ1n) is 7.58. The number of halogens is 1. The topological polar surface area (TPSA) is 6.48 Å². The molecule has 0 bridgehead atoms. The standard InChI is InChI=1S/C17H25FN2/c1-16(2,3)20-12-17(8-5-9-19(4)11-17)14-10-13(18)6-7-15(14)20/h6-7,10H,5,8-9,11-12H2,1-4H3/t17-/m1/s1. The van der Waals surface area contributed by atoms with Crippen LogP contribution < -0.4 is 4.90 Å². The summed E-state index contributed by atoms with van der Waals surface area (Å²) in [5, 5.41) is 0. The number of hydrogen-bond acceptors (Lipinski definition) is 2. The number of anilines is 1. The Bertz CT molecular complexity index is 520.